The fourth-order valence-electron chi connectivity index (χ4n) is 1.39. The standard InChI is InChI=1S/C11H15N3/c1-2-11(13-14-12)9-8-10-6-4-3-5-7-10/h3-7,11H,2,8-9H2,1H3. The smallest absolute Gasteiger partial charge is 0.0374 e. The molecule has 74 valence electrons. The van der Waals surface area contributed by atoms with E-state index < -0.39 is 0 Å². The molecule has 0 aliphatic heterocycles. The summed E-state index contributed by atoms with van der Waals surface area (Å²) in [5.74, 6) is 0. The minimum absolute atomic E-state index is 0.139. The summed E-state index contributed by atoms with van der Waals surface area (Å²) in [6.07, 6.45) is 2.83. The van der Waals surface area contributed by atoms with Crippen LogP contribution in [0.5, 0.6) is 0 Å². The Morgan fingerprint density at radius 2 is 2.07 bits per heavy atom. The van der Waals surface area contributed by atoms with E-state index in [0.29, 0.717) is 0 Å². The van der Waals surface area contributed by atoms with Crippen molar-refractivity contribution in [1.29, 1.82) is 0 Å². The highest BCUT2D eigenvalue weighted by Gasteiger charge is 2.02. The van der Waals surface area contributed by atoms with Gasteiger partial charge in [0, 0.05) is 11.0 Å². The van der Waals surface area contributed by atoms with Crippen LogP contribution >= 0.6 is 0 Å². The third kappa shape index (κ3) is 3.50. The zero-order valence-corrected chi connectivity index (χ0v) is 8.43. The van der Waals surface area contributed by atoms with Crippen LogP contribution in [0.3, 0.4) is 0 Å². The number of hydrogen-bond donors (Lipinski definition) is 0. The van der Waals surface area contributed by atoms with E-state index >= 15 is 0 Å². The summed E-state index contributed by atoms with van der Waals surface area (Å²) in [6.45, 7) is 2.05. The first kappa shape index (κ1) is 10.6. The Morgan fingerprint density at radius 1 is 1.36 bits per heavy atom. The van der Waals surface area contributed by atoms with Gasteiger partial charge in [-0.3, -0.25) is 0 Å². The van der Waals surface area contributed by atoms with E-state index in [0.717, 1.165) is 19.3 Å². The summed E-state index contributed by atoms with van der Waals surface area (Å²) in [4.78, 5) is 2.84. The topological polar surface area (TPSA) is 48.8 Å². The predicted molar refractivity (Wildman–Crippen MR) is 58.0 cm³/mol. The van der Waals surface area contributed by atoms with Gasteiger partial charge >= 0.3 is 0 Å². The van der Waals surface area contributed by atoms with Gasteiger partial charge in [0.1, 0.15) is 0 Å². The Kier molecular flexibility index (Phi) is 4.59. The lowest BCUT2D eigenvalue weighted by molar-refractivity contribution is 0.593. The van der Waals surface area contributed by atoms with Crippen LogP contribution in [-0.2, 0) is 6.42 Å². The zero-order chi connectivity index (χ0) is 10.2. The van der Waals surface area contributed by atoms with Crippen LogP contribution in [0.25, 0.3) is 10.4 Å². The molecule has 1 unspecified atom stereocenters. The molecule has 0 N–H and O–H groups in total. The second-order valence-electron chi connectivity index (χ2n) is 3.29. The van der Waals surface area contributed by atoms with Crippen molar-refractivity contribution in [3.63, 3.8) is 0 Å². The molecule has 0 aromatic heterocycles. The Labute approximate surface area is 84.4 Å². The Morgan fingerprint density at radius 3 is 2.64 bits per heavy atom. The van der Waals surface area contributed by atoms with Gasteiger partial charge in [-0.25, -0.2) is 0 Å². The van der Waals surface area contributed by atoms with Crippen molar-refractivity contribution in [2.24, 2.45) is 5.11 Å². The van der Waals surface area contributed by atoms with Gasteiger partial charge in [-0.2, -0.15) is 0 Å². The van der Waals surface area contributed by atoms with Crippen LogP contribution in [0.15, 0.2) is 35.4 Å². The fourth-order valence-corrected chi connectivity index (χ4v) is 1.39. The molecule has 0 fully saturated rings. The maximum Gasteiger partial charge on any atom is 0.0374 e. The van der Waals surface area contributed by atoms with E-state index in [1.807, 2.05) is 25.1 Å². The lowest BCUT2D eigenvalue weighted by Crippen LogP contribution is -2.02. The number of nitrogens with zero attached hydrogens (tertiary/aromatic N) is 3. The molecular formula is C11H15N3. The molecule has 0 radical (unpaired) electrons. The second-order valence-corrected chi connectivity index (χ2v) is 3.29. The van der Waals surface area contributed by atoms with Gasteiger partial charge in [0.15, 0.2) is 0 Å². The lowest BCUT2D eigenvalue weighted by atomic mass is 10.0. The predicted octanol–water partition coefficient (Wildman–Crippen LogP) is 3.71. The second kappa shape index (κ2) is 6.06. The molecule has 3 heteroatoms. The molecule has 0 spiro atoms. The molecule has 0 aliphatic carbocycles. The molecule has 3 nitrogen and oxygen atoms in total. The van der Waals surface area contributed by atoms with Crippen LogP contribution in [-0.4, -0.2) is 6.04 Å². The Balaban J connectivity index is 2.43. The first-order valence-electron chi connectivity index (χ1n) is 4.95. The fraction of sp³-hybridized carbons (Fsp3) is 0.455. The largest absolute Gasteiger partial charge is 0.0906 e. The van der Waals surface area contributed by atoms with Gasteiger partial charge in [-0.05, 0) is 30.4 Å². The quantitative estimate of drug-likeness (QED) is 0.385. The maximum absolute atomic E-state index is 8.32. The molecule has 14 heavy (non-hydrogen) atoms. The zero-order valence-electron chi connectivity index (χ0n) is 8.43. The van der Waals surface area contributed by atoms with Crippen LogP contribution in [0.2, 0.25) is 0 Å². The summed E-state index contributed by atoms with van der Waals surface area (Å²) in [7, 11) is 0. The average Bonchev–Trinajstić information content (AvgIpc) is 2.25. The van der Waals surface area contributed by atoms with Crippen molar-refractivity contribution in [2.45, 2.75) is 32.2 Å². The maximum atomic E-state index is 8.32. The third-order valence-electron chi connectivity index (χ3n) is 2.30. The van der Waals surface area contributed by atoms with Crippen molar-refractivity contribution < 1.29 is 0 Å². The molecule has 1 rings (SSSR count). The minimum Gasteiger partial charge on any atom is -0.0906 e. The molecule has 1 aromatic carbocycles. The monoisotopic (exact) mass is 189 g/mol. The summed E-state index contributed by atoms with van der Waals surface area (Å²) >= 11 is 0. The molecule has 0 amide bonds. The molecular weight excluding hydrogens is 174 g/mol. The van der Waals surface area contributed by atoms with Crippen molar-refractivity contribution in [2.75, 3.05) is 0 Å². The third-order valence-corrected chi connectivity index (χ3v) is 2.30. The Hall–Kier alpha value is -1.47. The van der Waals surface area contributed by atoms with E-state index in [9.17, 15) is 0 Å². The normalized spacial score (nSPS) is 11.8. The minimum atomic E-state index is 0.139. The molecule has 0 saturated heterocycles. The first-order valence-corrected chi connectivity index (χ1v) is 4.95. The van der Waals surface area contributed by atoms with Crippen LogP contribution in [0.1, 0.15) is 25.3 Å². The van der Waals surface area contributed by atoms with Crippen molar-refractivity contribution in [3.05, 3.63) is 46.3 Å². The van der Waals surface area contributed by atoms with E-state index in [-0.39, 0.29) is 6.04 Å². The average molecular weight is 189 g/mol. The van der Waals surface area contributed by atoms with Crippen LogP contribution in [0.4, 0.5) is 0 Å². The van der Waals surface area contributed by atoms with Gasteiger partial charge in [-0.1, -0.05) is 42.4 Å². The number of aryl methyl sites for hydroxylation is 1. The number of benzene rings is 1. The van der Waals surface area contributed by atoms with Gasteiger partial charge in [-0.15, -0.1) is 0 Å². The van der Waals surface area contributed by atoms with Gasteiger partial charge in [0.25, 0.3) is 0 Å². The van der Waals surface area contributed by atoms with E-state index in [4.69, 9.17) is 5.53 Å². The summed E-state index contributed by atoms with van der Waals surface area (Å²) in [5, 5.41) is 3.74. The molecule has 0 saturated carbocycles. The lowest BCUT2D eigenvalue weighted by Gasteiger charge is -2.07. The van der Waals surface area contributed by atoms with Gasteiger partial charge in [0.2, 0.25) is 0 Å². The molecule has 0 aliphatic rings. The van der Waals surface area contributed by atoms with E-state index in [1.54, 1.807) is 0 Å². The van der Waals surface area contributed by atoms with Crippen LogP contribution in [0, 0.1) is 0 Å². The summed E-state index contributed by atoms with van der Waals surface area (Å²) < 4.78 is 0. The van der Waals surface area contributed by atoms with E-state index in [1.165, 1.54) is 5.56 Å². The number of hydrogen-bond acceptors (Lipinski definition) is 1. The molecule has 0 heterocycles. The van der Waals surface area contributed by atoms with E-state index in [2.05, 4.69) is 22.2 Å². The highest BCUT2D eigenvalue weighted by atomic mass is 15.1. The Bertz CT molecular complexity index is 302. The van der Waals surface area contributed by atoms with Crippen molar-refractivity contribution in [1.82, 2.24) is 0 Å². The first-order chi connectivity index (χ1) is 6.86. The van der Waals surface area contributed by atoms with Gasteiger partial charge < -0.3 is 0 Å². The highest BCUT2D eigenvalue weighted by molar-refractivity contribution is 5.14. The summed E-state index contributed by atoms with van der Waals surface area (Å²) in [5.41, 5.74) is 9.63. The molecule has 1 aromatic rings. The number of rotatable bonds is 5. The summed E-state index contributed by atoms with van der Waals surface area (Å²) in [6, 6.07) is 10.4. The van der Waals surface area contributed by atoms with Crippen LogP contribution < -0.4 is 0 Å². The van der Waals surface area contributed by atoms with Crippen molar-refractivity contribution in [3.8, 4) is 0 Å². The molecule has 1 atom stereocenters. The van der Waals surface area contributed by atoms with Gasteiger partial charge in [0.05, 0.1) is 0 Å². The highest BCUT2D eigenvalue weighted by Crippen LogP contribution is 2.09. The SMILES string of the molecule is CCC(CCc1ccccc1)N=[N+]=[N-]. The number of azide groups is 1. The van der Waals surface area contributed by atoms with Crippen molar-refractivity contribution >= 4 is 0 Å². The molecule has 0 bridgehead atoms.